The quantitative estimate of drug-likeness (QED) is 0.897. The summed E-state index contributed by atoms with van der Waals surface area (Å²) < 4.78 is 28.9. The van der Waals surface area contributed by atoms with Crippen molar-refractivity contribution in [2.24, 2.45) is 11.1 Å². The first kappa shape index (κ1) is 16.1. The van der Waals surface area contributed by atoms with E-state index < -0.39 is 10.0 Å². The van der Waals surface area contributed by atoms with Crippen molar-refractivity contribution in [3.63, 3.8) is 0 Å². The van der Waals surface area contributed by atoms with Crippen molar-refractivity contribution < 1.29 is 8.42 Å². The van der Waals surface area contributed by atoms with E-state index in [2.05, 4.69) is 10.1 Å². The van der Waals surface area contributed by atoms with Gasteiger partial charge in [0.2, 0.25) is 10.0 Å². The Hall–Kier alpha value is -1.77. The van der Waals surface area contributed by atoms with E-state index in [0.29, 0.717) is 31.1 Å². The van der Waals surface area contributed by atoms with Crippen molar-refractivity contribution in [3.8, 4) is 5.82 Å². The molecule has 7 nitrogen and oxygen atoms in total. The summed E-state index contributed by atoms with van der Waals surface area (Å²) in [6.45, 7) is 5.18. The lowest BCUT2D eigenvalue weighted by Gasteiger charge is -2.22. The van der Waals surface area contributed by atoms with Crippen molar-refractivity contribution in [1.29, 1.82) is 0 Å². The largest absolute Gasteiger partial charge is 0.330 e. The second-order valence-electron chi connectivity index (χ2n) is 6.30. The first-order valence-electron chi connectivity index (χ1n) is 7.54. The van der Waals surface area contributed by atoms with Gasteiger partial charge in [-0.15, -0.1) is 0 Å². The van der Waals surface area contributed by atoms with Crippen molar-refractivity contribution in [2.45, 2.75) is 25.2 Å². The molecule has 1 aliphatic rings. The van der Waals surface area contributed by atoms with Gasteiger partial charge in [-0.25, -0.2) is 18.1 Å². The first-order chi connectivity index (χ1) is 10.9. The van der Waals surface area contributed by atoms with Crippen LogP contribution in [0.15, 0.2) is 35.5 Å². The summed E-state index contributed by atoms with van der Waals surface area (Å²) >= 11 is 0. The van der Waals surface area contributed by atoms with Gasteiger partial charge in [-0.05, 0) is 37.4 Å². The molecule has 1 saturated heterocycles. The smallest absolute Gasteiger partial charge is 0.246 e. The molecular formula is C15H21N5O2S. The Morgan fingerprint density at radius 3 is 2.78 bits per heavy atom. The number of rotatable bonds is 4. The van der Waals surface area contributed by atoms with Crippen LogP contribution in [0, 0.1) is 12.3 Å². The number of pyridine rings is 1. The third kappa shape index (κ3) is 2.77. The molecule has 3 heterocycles. The molecule has 1 atom stereocenters. The van der Waals surface area contributed by atoms with Crippen LogP contribution in [-0.4, -0.2) is 47.1 Å². The first-order valence-corrected chi connectivity index (χ1v) is 8.98. The predicted molar refractivity (Wildman–Crippen MR) is 86.6 cm³/mol. The van der Waals surface area contributed by atoms with Gasteiger partial charge in [-0.3, -0.25) is 0 Å². The van der Waals surface area contributed by atoms with Crippen LogP contribution < -0.4 is 5.73 Å². The van der Waals surface area contributed by atoms with Crippen LogP contribution in [0.25, 0.3) is 5.82 Å². The topological polar surface area (TPSA) is 94.1 Å². The van der Waals surface area contributed by atoms with Gasteiger partial charge in [-0.1, -0.05) is 13.0 Å². The van der Waals surface area contributed by atoms with Crippen LogP contribution in [-0.2, 0) is 10.0 Å². The fourth-order valence-electron chi connectivity index (χ4n) is 2.85. The van der Waals surface area contributed by atoms with E-state index >= 15 is 0 Å². The minimum atomic E-state index is -3.57. The summed E-state index contributed by atoms with van der Waals surface area (Å²) in [6.07, 6.45) is 3.82. The van der Waals surface area contributed by atoms with E-state index in [4.69, 9.17) is 5.73 Å². The lowest BCUT2D eigenvalue weighted by atomic mass is 9.90. The molecule has 2 aromatic rings. The fraction of sp³-hybridized carbons (Fsp3) is 0.467. The van der Waals surface area contributed by atoms with Crippen LogP contribution in [0.2, 0.25) is 0 Å². The van der Waals surface area contributed by atoms with E-state index in [1.54, 1.807) is 29.9 Å². The average Bonchev–Trinajstić information content (AvgIpc) is 3.13. The second kappa shape index (κ2) is 5.70. The summed E-state index contributed by atoms with van der Waals surface area (Å²) in [4.78, 5) is 4.44. The molecule has 0 radical (unpaired) electrons. The number of hydrogen-bond acceptors (Lipinski definition) is 5. The molecule has 0 spiro atoms. The maximum atomic E-state index is 12.9. The summed E-state index contributed by atoms with van der Waals surface area (Å²) in [7, 11) is -3.57. The molecule has 124 valence electrons. The van der Waals surface area contributed by atoms with Crippen molar-refractivity contribution in [2.75, 3.05) is 19.6 Å². The number of nitrogens with two attached hydrogens (primary N) is 1. The van der Waals surface area contributed by atoms with Gasteiger partial charge in [0.15, 0.2) is 5.82 Å². The Balaban J connectivity index is 1.95. The third-order valence-electron chi connectivity index (χ3n) is 4.46. The van der Waals surface area contributed by atoms with Crippen molar-refractivity contribution in [1.82, 2.24) is 19.1 Å². The molecule has 2 N–H and O–H groups in total. The van der Waals surface area contributed by atoms with E-state index in [1.807, 2.05) is 13.0 Å². The van der Waals surface area contributed by atoms with Crippen LogP contribution in [0.5, 0.6) is 0 Å². The van der Waals surface area contributed by atoms with Crippen LogP contribution in [0.3, 0.4) is 0 Å². The summed E-state index contributed by atoms with van der Waals surface area (Å²) in [5.41, 5.74) is 6.18. The SMILES string of the molecule is Cc1c(S(=O)(=O)N2CCC(C)(CN)C2)cnn1-c1ccccn1. The lowest BCUT2D eigenvalue weighted by molar-refractivity contribution is 0.349. The zero-order valence-electron chi connectivity index (χ0n) is 13.3. The summed E-state index contributed by atoms with van der Waals surface area (Å²) in [5.74, 6) is 0.597. The van der Waals surface area contributed by atoms with Gasteiger partial charge in [0, 0.05) is 19.3 Å². The molecule has 0 saturated carbocycles. The summed E-state index contributed by atoms with van der Waals surface area (Å²) in [6, 6.07) is 5.43. The van der Waals surface area contributed by atoms with Crippen molar-refractivity contribution in [3.05, 3.63) is 36.3 Å². The molecule has 1 aliphatic heterocycles. The number of nitrogens with zero attached hydrogens (tertiary/aromatic N) is 4. The number of aromatic nitrogens is 3. The maximum Gasteiger partial charge on any atom is 0.246 e. The highest BCUT2D eigenvalue weighted by Gasteiger charge is 2.40. The zero-order valence-corrected chi connectivity index (χ0v) is 14.1. The normalized spacial score (nSPS) is 22.6. The highest BCUT2D eigenvalue weighted by atomic mass is 32.2. The minimum Gasteiger partial charge on any atom is -0.330 e. The molecule has 23 heavy (non-hydrogen) atoms. The molecular weight excluding hydrogens is 314 g/mol. The highest BCUT2D eigenvalue weighted by Crippen LogP contribution is 2.33. The van der Waals surface area contributed by atoms with E-state index in [0.717, 1.165) is 6.42 Å². The monoisotopic (exact) mass is 335 g/mol. The number of sulfonamides is 1. The Morgan fingerprint density at radius 2 is 2.17 bits per heavy atom. The second-order valence-corrected chi connectivity index (χ2v) is 8.20. The van der Waals surface area contributed by atoms with Gasteiger partial charge in [0.25, 0.3) is 0 Å². The van der Waals surface area contributed by atoms with Crippen LogP contribution >= 0.6 is 0 Å². The Kier molecular flexibility index (Phi) is 3.99. The Morgan fingerprint density at radius 1 is 1.39 bits per heavy atom. The fourth-order valence-corrected chi connectivity index (χ4v) is 4.58. The number of hydrogen-bond donors (Lipinski definition) is 1. The standard InChI is InChI=1S/C15H21N5O2S/c1-12-13(9-18-20(12)14-5-3-4-7-17-14)23(21,22)19-8-6-15(2,10-16)11-19/h3-5,7,9H,6,8,10-11,16H2,1-2H3. The zero-order chi connectivity index (χ0) is 16.7. The van der Waals surface area contributed by atoms with Crippen molar-refractivity contribution >= 4 is 10.0 Å². The maximum absolute atomic E-state index is 12.9. The molecule has 0 bridgehead atoms. The molecule has 0 aliphatic carbocycles. The van der Waals surface area contributed by atoms with Gasteiger partial charge in [-0.2, -0.15) is 9.40 Å². The van der Waals surface area contributed by atoms with Gasteiger partial charge >= 0.3 is 0 Å². The van der Waals surface area contributed by atoms with E-state index in [1.165, 1.54) is 10.5 Å². The van der Waals surface area contributed by atoms with Gasteiger partial charge in [0.1, 0.15) is 4.90 Å². The Bertz CT molecular complexity index is 803. The molecule has 8 heteroatoms. The van der Waals surface area contributed by atoms with Gasteiger partial charge in [0.05, 0.1) is 11.9 Å². The molecule has 1 fully saturated rings. The molecule has 3 rings (SSSR count). The van der Waals surface area contributed by atoms with Gasteiger partial charge < -0.3 is 5.73 Å². The predicted octanol–water partition coefficient (Wildman–Crippen LogP) is 0.935. The Labute approximate surface area is 136 Å². The molecule has 1 unspecified atom stereocenters. The van der Waals surface area contributed by atoms with Crippen LogP contribution in [0.4, 0.5) is 0 Å². The minimum absolute atomic E-state index is 0.155. The molecule has 0 aromatic carbocycles. The van der Waals surface area contributed by atoms with E-state index in [-0.39, 0.29) is 10.3 Å². The van der Waals surface area contributed by atoms with E-state index in [9.17, 15) is 8.42 Å². The average molecular weight is 335 g/mol. The lowest BCUT2D eigenvalue weighted by Crippen LogP contribution is -2.34. The van der Waals surface area contributed by atoms with Crippen LogP contribution in [0.1, 0.15) is 19.0 Å². The molecule has 0 amide bonds. The molecule has 2 aromatic heterocycles. The summed E-state index contributed by atoms with van der Waals surface area (Å²) in [5, 5.41) is 4.20. The third-order valence-corrected chi connectivity index (χ3v) is 6.41. The highest BCUT2D eigenvalue weighted by molar-refractivity contribution is 7.89.